The van der Waals surface area contributed by atoms with E-state index in [0.29, 0.717) is 6.54 Å². The highest BCUT2D eigenvalue weighted by molar-refractivity contribution is 5.79. The van der Waals surface area contributed by atoms with Crippen molar-refractivity contribution in [3.8, 4) is 0 Å². The molecule has 1 aromatic heterocycles. The maximum Gasteiger partial charge on any atom is 0.323 e. The summed E-state index contributed by atoms with van der Waals surface area (Å²) in [5, 5.41) is 16.9. The summed E-state index contributed by atoms with van der Waals surface area (Å²) in [6.07, 6.45) is 3.35. The number of carboxylic acids is 1. The van der Waals surface area contributed by atoms with Crippen LogP contribution in [0.25, 0.3) is 0 Å². The fraction of sp³-hybridized carbons (Fsp3) is 0.692. The van der Waals surface area contributed by atoms with Crippen molar-refractivity contribution >= 4 is 5.97 Å². The maximum absolute atomic E-state index is 11.3. The second kappa shape index (κ2) is 5.10. The van der Waals surface area contributed by atoms with Crippen LogP contribution < -0.4 is 5.32 Å². The van der Waals surface area contributed by atoms with E-state index in [4.69, 9.17) is 0 Å². The first-order chi connectivity index (χ1) is 8.61. The molecule has 0 aliphatic heterocycles. The number of rotatable bonds is 6. The molecular formula is C13H21N3O2. The maximum atomic E-state index is 11.3. The summed E-state index contributed by atoms with van der Waals surface area (Å²) in [6.45, 7) is 5.51. The minimum atomic E-state index is -0.730. The molecule has 0 atom stereocenters. The van der Waals surface area contributed by atoms with Gasteiger partial charge in [0.25, 0.3) is 0 Å². The first-order valence-electron chi connectivity index (χ1n) is 6.65. The second-order valence-electron chi connectivity index (χ2n) is 4.89. The third kappa shape index (κ3) is 2.27. The van der Waals surface area contributed by atoms with Gasteiger partial charge in [-0.25, -0.2) is 0 Å². The predicted octanol–water partition coefficient (Wildman–Crippen LogP) is 1.56. The quantitative estimate of drug-likeness (QED) is 0.805. The lowest BCUT2D eigenvalue weighted by Crippen LogP contribution is -2.56. The van der Waals surface area contributed by atoms with Crippen LogP contribution in [-0.4, -0.2) is 26.4 Å². The van der Waals surface area contributed by atoms with Crippen LogP contribution in [0.4, 0.5) is 0 Å². The van der Waals surface area contributed by atoms with E-state index < -0.39 is 11.5 Å². The highest BCUT2D eigenvalue weighted by Crippen LogP contribution is 2.32. The standard InChI is InChI=1S/C13H21N3O2/c1-3-10-8-11(16(4-2)15-10)9-14-13(12(17)18)6-5-7-13/h8,14H,3-7,9H2,1-2H3,(H,17,18). The van der Waals surface area contributed by atoms with Gasteiger partial charge in [-0.2, -0.15) is 5.10 Å². The molecule has 1 heterocycles. The Morgan fingerprint density at radius 2 is 2.28 bits per heavy atom. The lowest BCUT2D eigenvalue weighted by Gasteiger charge is -2.38. The van der Waals surface area contributed by atoms with Gasteiger partial charge < -0.3 is 5.11 Å². The number of aryl methyl sites for hydroxylation is 2. The molecule has 18 heavy (non-hydrogen) atoms. The molecule has 2 N–H and O–H groups in total. The van der Waals surface area contributed by atoms with Gasteiger partial charge in [0.05, 0.1) is 11.4 Å². The molecule has 5 heteroatoms. The number of carboxylic acid groups (broad SMARTS) is 1. The van der Waals surface area contributed by atoms with Crippen molar-refractivity contribution in [1.29, 1.82) is 0 Å². The molecule has 1 fully saturated rings. The van der Waals surface area contributed by atoms with Crippen LogP contribution in [0.2, 0.25) is 0 Å². The summed E-state index contributed by atoms with van der Waals surface area (Å²) in [6, 6.07) is 2.06. The number of carbonyl (C=O) groups is 1. The predicted molar refractivity (Wildman–Crippen MR) is 68.3 cm³/mol. The number of aliphatic carboxylic acids is 1. The molecule has 1 aliphatic carbocycles. The Labute approximate surface area is 107 Å². The SMILES string of the molecule is CCc1cc(CNC2(C(=O)O)CCC2)n(CC)n1. The summed E-state index contributed by atoms with van der Waals surface area (Å²) >= 11 is 0. The Hall–Kier alpha value is -1.36. The fourth-order valence-corrected chi connectivity index (χ4v) is 2.36. The first-order valence-corrected chi connectivity index (χ1v) is 6.65. The highest BCUT2D eigenvalue weighted by atomic mass is 16.4. The zero-order valence-electron chi connectivity index (χ0n) is 11.1. The van der Waals surface area contributed by atoms with Crippen molar-refractivity contribution in [2.75, 3.05) is 0 Å². The van der Waals surface area contributed by atoms with Crippen LogP contribution in [0.15, 0.2) is 6.07 Å². The van der Waals surface area contributed by atoms with Crippen LogP contribution >= 0.6 is 0 Å². The molecular weight excluding hydrogens is 230 g/mol. The van der Waals surface area contributed by atoms with Gasteiger partial charge in [-0.3, -0.25) is 14.8 Å². The van der Waals surface area contributed by atoms with Gasteiger partial charge in [-0.15, -0.1) is 0 Å². The van der Waals surface area contributed by atoms with Gasteiger partial charge in [-0.1, -0.05) is 6.92 Å². The van der Waals surface area contributed by atoms with E-state index in [1.54, 1.807) is 0 Å². The smallest absolute Gasteiger partial charge is 0.323 e. The number of hydrogen-bond donors (Lipinski definition) is 2. The Bertz CT molecular complexity index is 435. The summed E-state index contributed by atoms with van der Waals surface area (Å²) in [7, 11) is 0. The van der Waals surface area contributed by atoms with E-state index >= 15 is 0 Å². The van der Waals surface area contributed by atoms with Crippen molar-refractivity contribution < 1.29 is 9.90 Å². The summed E-state index contributed by atoms with van der Waals surface area (Å²) in [4.78, 5) is 11.3. The normalized spacial score (nSPS) is 17.4. The van der Waals surface area contributed by atoms with Crippen LogP contribution in [0.3, 0.4) is 0 Å². The van der Waals surface area contributed by atoms with Gasteiger partial charge in [0.15, 0.2) is 0 Å². The van der Waals surface area contributed by atoms with E-state index in [1.807, 2.05) is 11.6 Å². The lowest BCUT2D eigenvalue weighted by atomic mass is 9.77. The molecule has 0 amide bonds. The molecule has 1 aromatic rings. The van der Waals surface area contributed by atoms with E-state index in [0.717, 1.165) is 43.6 Å². The Morgan fingerprint density at radius 1 is 1.56 bits per heavy atom. The fourth-order valence-electron chi connectivity index (χ4n) is 2.36. The Balaban J connectivity index is 2.05. The van der Waals surface area contributed by atoms with E-state index in [2.05, 4.69) is 23.4 Å². The zero-order chi connectivity index (χ0) is 13.2. The Kier molecular flexibility index (Phi) is 3.71. The van der Waals surface area contributed by atoms with Gasteiger partial charge in [-0.05, 0) is 38.7 Å². The van der Waals surface area contributed by atoms with Crippen molar-refractivity contribution in [3.63, 3.8) is 0 Å². The largest absolute Gasteiger partial charge is 0.480 e. The van der Waals surface area contributed by atoms with Crippen molar-refractivity contribution in [3.05, 3.63) is 17.5 Å². The van der Waals surface area contributed by atoms with Crippen molar-refractivity contribution in [2.24, 2.45) is 0 Å². The van der Waals surface area contributed by atoms with Crippen molar-refractivity contribution in [2.45, 2.75) is 58.2 Å². The summed E-state index contributed by atoms with van der Waals surface area (Å²) in [5.41, 5.74) is 1.43. The van der Waals surface area contributed by atoms with Crippen LogP contribution in [-0.2, 0) is 24.3 Å². The zero-order valence-corrected chi connectivity index (χ0v) is 11.1. The summed E-state index contributed by atoms with van der Waals surface area (Å²) in [5.74, 6) is -0.730. The molecule has 0 bridgehead atoms. The third-order valence-corrected chi connectivity index (χ3v) is 3.80. The van der Waals surface area contributed by atoms with Crippen molar-refractivity contribution in [1.82, 2.24) is 15.1 Å². The first kappa shape index (κ1) is 13.1. The average molecular weight is 251 g/mol. The lowest BCUT2D eigenvalue weighted by molar-refractivity contribution is -0.148. The van der Waals surface area contributed by atoms with E-state index in [1.165, 1.54) is 0 Å². The average Bonchev–Trinajstić information content (AvgIpc) is 2.69. The number of hydrogen-bond acceptors (Lipinski definition) is 3. The van der Waals surface area contributed by atoms with Crippen LogP contribution in [0, 0.1) is 0 Å². The van der Waals surface area contributed by atoms with Crippen LogP contribution in [0.1, 0.15) is 44.5 Å². The third-order valence-electron chi connectivity index (χ3n) is 3.80. The summed E-state index contributed by atoms with van der Waals surface area (Å²) < 4.78 is 1.94. The molecule has 0 spiro atoms. The molecule has 1 saturated carbocycles. The molecule has 2 rings (SSSR count). The molecule has 0 aromatic carbocycles. The van der Waals surface area contributed by atoms with Gasteiger partial charge >= 0.3 is 5.97 Å². The number of aromatic nitrogens is 2. The number of nitrogens with zero attached hydrogens (tertiary/aromatic N) is 2. The minimum absolute atomic E-state index is 0.577. The molecule has 0 radical (unpaired) electrons. The van der Waals surface area contributed by atoms with Gasteiger partial charge in [0.2, 0.25) is 0 Å². The van der Waals surface area contributed by atoms with E-state index in [-0.39, 0.29) is 0 Å². The number of nitrogens with one attached hydrogen (secondary N) is 1. The molecule has 0 saturated heterocycles. The monoisotopic (exact) mass is 251 g/mol. The van der Waals surface area contributed by atoms with Gasteiger partial charge in [0.1, 0.15) is 5.54 Å². The molecule has 1 aliphatic rings. The van der Waals surface area contributed by atoms with Gasteiger partial charge in [0, 0.05) is 13.1 Å². The highest BCUT2D eigenvalue weighted by Gasteiger charge is 2.43. The second-order valence-corrected chi connectivity index (χ2v) is 4.89. The topological polar surface area (TPSA) is 67.2 Å². The van der Waals surface area contributed by atoms with E-state index in [9.17, 15) is 9.90 Å². The molecule has 5 nitrogen and oxygen atoms in total. The molecule has 100 valence electrons. The Morgan fingerprint density at radius 3 is 2.72 bits per heavy atom. The minimum Gasteiger partial charge on any atom is -0.480 e. The van der Waals surface area contributed by atoms with Crippen LogP contribution in [0.5, 0.6) is 0 Å². The molecule has 0 unspecified atom stereocenters.